The lowest BCUT2D eigenvalue weighted by Crippen LogP contribution is -2.53. The van der Waals surface area contributed by atoms with Crippen LogP contribution in [0.25, 0.3) is 11.5 Å². The van der Waals surface area contributed by atoms with Gasteiger partial charge in [0.1, 0.15) is 0 Å². The first kappa shape index (κ1) is 20.6. The van der Waals surface area contributed by atoms with Crippen LogP contribution in [0, 0.1) is 0 Å². The van der Waals surface area contributed by atoms with Crippen LogP contribution in [-0.2, 0) is 5.41 Å². The molecule has 0 aliphatic carbocycles. The Labute approximate surface area is 191 Å². The van der Waals surface area contributed by atoms with Gasteiger partial charge in [0.15, 0.2) is 16.6 Å². The largest absolute Gasteiger partial charge is 0.390 e. The van der Waals surface area contributed by atoms with Gasteiger partial charge in [0.2, 0.25) is 0 Å². The maximum atomic E-state index is 13.2. The number of aliphatic hydroxyl groups excluding tert-OH is 1. The van der Waals surface area contributed by atoms with Crippen molar-refractivity contribution in [3.05, 3.63) is 52.8 Å². The van der Waals surface area contributed by atoms with Crippen molar-refractivity contribution in [2.75, 3.05) is 16.8 Å². The lowest BCUT2D eigenvalue weighted by Gasteiger charge is -2.42. The highest BCUT2D eigenvalue weighted by molar-refractivity contribution is 6.32. The molecule has 0 aromatic carbocycles. The van der Waals surface area contributed by atoms with Gasteiger partial charge in [0, 0.05) is 11.5 Å². The van der Waals surface area contributed by atoms with Gasteiger partial charge in [-0.1, -0.05) is 37.0 Å². The van der Waals surface area contributed by atoms with Crippen molar-refractivity contribution in [2.24, 2.45) is 0 Å². The zero-order chi connectivity index (χ0) is 22.6. The van der Waals surface area contributed by atoms with E-state index < -0.39 is 17.6 Å². The summed E-state index contributed by atoms with van der Waals surface area (Å²) in [6.07, 6.45) is 5.18. The molecule has 0 saturated heterocycles. The van der Waals surface area contributed by atoms with E-state index in [1.807, 2.05) is 13.8 Å². The van der Waals surface area contributed by atoms with Gasteiger partial charge < -0.3 is 10.4 Å². The van der Waals surface area contributed by atoms with E-state index in [1.165, 1.54) is 28.3 Å². The maximum Gasteiger partial charge on any atom is 0.326 e. The van der Waals surface area contributed by atoms with Crippen LogP contribution in [0.2, 0.25) is 10.2 Å². The van der Waals surface area contributed by atoms with Crippen molar-refractivity contribution in [3.8, 4) is 5.82 Å². The van der Waals surface area contributed by atoms with Gasteiger partial charge in [0.25, 0.3) is 0 Å². The van der Waals surface area contributed by atoms with Gasteiger partial charge in [-0.25, -0.2) is 19.3 Å². The van der Waals surface area contributed by atoms with Crippen LogP contribution in [0.3, 0.4) is 0 Å². The quantitative estimate of drug-likeness (QED) is 0.458. The second kappa shape index (κ2) is 7.40. The molecule has 0 radical (unpaired) electrons. The number of β-amino-alcohol motifs (C(OH)–C–C–N with tert-alkyl or cyclic N) is 1. The van der Waals surface area contributed by atoms with Gasteiger partial charge in [-0.3, -0.25) is 4.90 Å². The van der Waals surface area contributed by atoms with Crippen LogP contribution in [0.1, 0.15) is 19.5 Å². The third-order valence-corrected chi connectivity index (χ3v) is 5.91. The first-order valence-corrected chi connectivity index (χ1v) is 10.3. The standard InChI is InChI=1S/C19H17Cl2N9O2/c1-19(2)13(31)9-28(12-8-22-15-6-14(21)27-29(15)16(12)19)18(32)26-10-5-11(20)17(23-7-10)30-24-3-4-25-30/h3-8,13,31H,9H2,1-2H3,(H,26,32)/t13-/m0/s1. The van der Waals surface area contributed by atoms with Crippen molar-refractivity contribution in [1.82, 2.24) is 34.6 Å². The first-order chi connectivity index (χ1) is 15.3. The minimum absolute atomic E-state index is 0.0600. The summed E-state index contributed by atoms with van der Waals surface area (Å²) < 4.78 is 1.56. The van der Waals surface area contributed by atoms with Crippen molar-refractivity contribution < 1.29 is 9.90 Å². The molecule has 5 heterocycles. The van der Waals surface area contributed by atoms with Crippen LogP contribution >= 0.6 is 23.2 Å². The Morgan fingerprint density at radius 2 is 1.94 bits per heavy atom. The van der Waals surface area contributed by atoms with E-state index >= 15 is 0 Å². The zero-order valence-corrected chi connectivity index (χ0v) is 18.4. The summed E-state index contributed by atoms with van der Waals surface area (Å²) in [5.74, 6) is 0.331. The molecule has 1 atom stereocenters. The van der Waals surface area contributed by atoms with Crippen molar-refractivity contribution in [2.45, 2.75) is 25.4 Å². The number of carbonyl (C=O) groups is 1. The molecule has 32 heavy (non-hydrogen) atoms. The van der Waals surface area contributed by atoms with Crippen LogP contribution in [0.15, 0.2) is 36.9 Å². The molecule has 1 aliphatic heterocycles. The average Bonchev–Trinajstić information content (AvgIpc) is 3.39. The Kier molecular flexibility index (Phi) is 4.77. The highest BCUT2D eigenvalue weighted by Crippen LogP contribution is 2.40. The number of carbonyl (C=O) groups excluding carboxylic acids is 1. The molecule has 13 heteroatoms. The van der Waals surface area contributed by atoms with E-state index in [1.54, 1.807) is 22.8 Å². The normalized spacial score (nSPS) is 17.4. The number of hydrogen-bond donors (Lipinski definition) is 2. The number of aromatic nitrogens is 7. The molecule has 2 N–H and O–H groups in total. The van der Waals surface area contributed by atoms with Crippen molar-refractivity contribution in [3.63, 3.8) is 0 Å². The fourth-order valence-corrected chi connectivity index (χ4v) is 4.12. The van der Waals surface area contributed by atoms with E-state index in [9.17, 15) is 9.90 Å². The number of nitrogens with one attached hydrogen (secondary N) is 1. The van der Waals surface area contributed by atoms with E-state index in [-0.39, 0.29) is 16.7 Å². The number of hydrogen-bond acceptors (Lipinski definition) is 7. The molecule has 11 nitrogen and oxygen atoms in total. The third kappa shape index (κ3) is 3.25. The Bertz CT molecular complexity index is 1340. The number of nitrogens with zero attached hydrogens (tertiary/aromatic N) is 8. The van der Waals surface area contributed by atoms with E-state index in [0.29, 0.717) is 28.5 Å². The van der Waals surface area contributed by atoms with Gasteiger partial charge >= 0.3 is 6.03 Å². The summed E-state index contributed by atoms with van der Waals surface area (Å²) in [7, 11) is 0. The van der Waals surface area contributed by atoms with Gasteiger partial charge in [0.05, 0.1) is 59.5 Å². The Balaban J connectivity index is 1.50. The second-order valence-electron chi connectivity index (χ2n) is 7.86. The van der Waals surface area contributed by atoms with Crippen LogP contribution in [0.4, 0.5) is 16.2 Å². The molecule has 0 unspecified atom stereocenters. The molecular formula is C19H17Cl2N9O2. The second-order valence-corrected chi connectivity index (χ2v) is 8.65. The number of halogens is 2. The summed E-state index contributed by atoms with van der Waals surface area (Å²) in [6.45, 7) is 3.82. The van der Waals surface area contributed by atoms with Crippen LogP contribution in [-0.4, -0.2) is 58.4 Å². The number of rotatable bonds is 2. The predicted molar refractivity (Wildman–Crippen MR) is 118 cm³/mol. The van der Waals surface area contributed by atoms with E-state index in [2.05, 4.69) is 30.6 Å². The summed E-state index contributed by atoms with van der Waals surface area (Å²) in [4.78, 5) is 24.4. The molecule has 5 rings (SSSR count). The lowest BCUT2D eigenvalue weighted by molar-refractivity contribution is 0.0966. The zero-order valence-electron chi connectivity index (χ0n) is 16.9. The van der Waals surface area contributed by atoms with Crippen LogP contribution < -0.4 is 10.2 Å². The number of amides is 2. The molecule has 4 aromatic rings. The molecule has 164 valence electrons. The highest BCUT2D eigenvalue weighted by Gasteiger charge is 2.43. The average molecular weight is 474 g/mol. The van der Waals surface area contributed by atoms with E-state index in [4.69, 9.17) is 23.2 Å². The fraction of sp³-hybridized carbons (Fsp3) is 0.263. The minimum atomic E-state index is -0.857. The summed E-state index contributed by atoms with van der Waals surface area (Å²) >= 11 is 12.4. The Hall–Kier alpha value is -3.28. The minimum Gasteiger partial charge on any atom is -0.390 e. The predicted octanol–water partition coefficient (Wildman–Crippen LogP) is 2.70. The summed E-state index contributed by atoms with van der Waals surface area (Å²) in [5, 5.41) is 26.4. The maximum absolute atomic E-state index is 13.2. The monoisotopic (exact) mass is 473 g/mol. The molecular weight excluding hydrogens is 457 g/mol. The van der Waals surface area contributed by atoms with Gasteiger partial charge in [-0.2, -0.15) is 15.3 Å². The van der Waals surface area contributed by atoms with Crippen molar-refractivity contribution >= 4 is 46.3 Å². The summed E-state index contributed by atoms with van der Waals surface area (Å²) in [6, 6.07) is 2.68. The number of urea groups is 1. The Morgan fingerprint density at radius 1 is 1.19 bits per heavy atom. The number of pyridine rings is 1. The topological polar surface area (TPSA) is 126 Å². The smallest absolute Gasteiger partial charge is 0.326 e. The van der Waals surface area contributed by atoms with Crippen LogP contribution in [0.5, 0.6) is 0 Å². The van der Waals surface area contributed by atoms with Gasteiger partial charge in [-0.15, -0.1) is 4.80 Å². The third-order valence-electron chi connectivity index (χ3n) is 5.45. The molecule has 0 bridgehead atoms. The highest BCUT2D eigenvalue weighted by atomic mass is 35.5. The number of fused-ring (bicyclic) bond motifs is 3. The number of aliphatic hydroxyl groups is 1. The molecule has 0 saturated carbocycles. The molecule has 4 aromatic heterocycles. The SMILES string of the molecule is CC1(C)c2c(cnc3cc(Cl)nn23)N(C(=O)Nc2cnc(-n3nccn3)c(Cl)c2)C[C@@H]1O. The van der Waals surface area contributed by atoms with E-state index in [0.717, 1.165) is 0 Å². The fourth-order valence-electron chi connectivity index (χ4n) is 3.71. The molecule has 0 spiro atoms. The lowest BCUT2D eigenvalue weighted by atomic mass is 9.79. The molecule has 2 amide bonds. The number of anilines is 2. The molecule has 1 aliphatic rings. The first-order valence-electron chi connectivity index (χ1n) is 9.59. The van der Waals surface area contributed by atoms with Crippen molar-refractivity contribution in [1.29, 1.82) is 0 Å². The Morgan fingerprint density at radius 3 is 2.66 bits per heavy atom. The van der Waals surface area contributed by atoms with Gasteiger partial charge in [-0.05, 0) is 6.07 Å². The molecule has 0 fully saturated rings. The summed E-state index contributed by atoms with van der Waals surface area (Å²) in [5.41, 5.74) is 1.33.